The molecule has 0 heterocycles. The smallest absolute Gasteiger partial charge is 0.167 e. The maximum absolute atomic E-state index is 10.3. The van der Waals surface area contributed by atoms with Crippen LogP contribution in [0.5, 0.6) is 0 Å². The molecule has 0 rings (SSSR count). The molecule has 0 atom stereocenters. The van der Waals surface area contributed by atoms with Crippen molar-refractivity contribution in [2.75, 3.05) is 0 Å². The standard InChI is InChI=1S/C5H8.C4H8.C2F4/c1-4-5(2)3;1-4(2)3;3-1(4)2(5)6/h4H,1-2H2,3H3;1H2,2-3H3;. The van der Waals surface area contributed by atoms with Gasteiger partial charge in [0.05, 0.1) is 0 Å². The zero-order valence-electron chi connectivity index (χ0n) is 9.21. The van der Waals surface area contributed by atoms with Crippen molar-refractivity contribution in [3.63, 3.8) is 0 Å². The number of hydrogen-bond donors (Lipinski definition) is 0. The lowest BCUT2D eigenvalue weighted by atomic mass is 10.4. The summed E-state index contributed by atoms with van der Waals surface area (Å²) in [5.74, 6) is 0. The molecule has 0 aromatic heterocycles. The van der Waals surface area contributed by atoms with Gasteiger partial charge in [-0.05, 0) is 20.8 Å². The van der Waals surface area contributed by atoms with Crippen molar-refractivity contribution < 1.29 is 17.6 Å². The van der Waals surface area contributed by atoms with Gasteiger partial charge in [-0.3, -0.25) is 0 Å². The van der Waals surface area contributed by atoms with Crippen molar-refractivity contribution in [2.24, 2.45) is 0 Å². The van der Waals surface area contributed by atoms with Gasteiger partial charge in [0.1, 0.15) is 0 Å². The monoisotopic (exact) mass is 224 g/mol. The van der Waals surface area contributed by atoms with E-state index in [0.717, 1.165) is 5.57 Å². The van der Waals surface area contributed by atoms with Gasteiger partial charge in [0, 0.05) is 0 Å². The highest BCUT2D eigenvalue weighted by Gasteiger charge is 1.98. The maximum atomic E-state index is 10.3. The second-order valence-electron chi connectivity index (χ2n) is 2.78. The van der Waals surface area contributed by atoms with Gasteiger partial charge < -0.3 is 0 Å². The molecule has 0 aliphatic heterocycles. The topological polar surface area (TPSA) is 0 Å². The molecule has 0 aromatic rings. The summed E-state index contributed by atoms with van der Waals surface area (Å²) in [7, 11) is 0. The number of halogens is 4. The second kappa shape index (κ2) is 12.7. The lowest BCUT2D eigenvalue weighted by Gasteiger charge is -1.71. The van der Waals surface area contributed by atoms with Crippen molar-refractivity contribution in [1.82, 2.24) is 0 Å². The van der Waals surface area contributed by atoms with Crippen molar-refractivity contribution in [1.29, 1.82) is 0 Å². The number of rotatable bonds is 1. The Hall–Kier alpha value is -1.32. The van der Waals surface area contributed by atoms with Gasteiger partial charge in [0.2, 0.25) is 0 Å². The SMILES string of the molecule is C=C(C)C.C=CC(=C)C.FC(F)=C(F)F. The van der Waals surface area contributed by atoms with E-state index in [9.17, 15) is 17.6 Å². The summed E-state index contributed by atoms with van der Waals surface area (Å²) < 4.78 is 41.1. The Morgan fingerprint density at radius 1 is 0.867 bits per heavy atom. The Labute approximate surface area is 88.3 Å². The molecule has 0 saturated heterocycles. The normalized spacial score (nSPS) is 7.13. The lowest BCUT2D eigenvalue weighted by molar-refractivity contribution is 0.308. The van der Waals surface area contributed by atoms with E-state index in [1.54, 1.807) is 6.08 Å². The largest absolute Gasteiger partial charge is 0.334 e. The van der Waals surface area contributed by atoms with E-state index in [4.69, 9.17) is 0 Å². The fourth-order valence-electron chi connectivity index (χ4n) is 0. The molecular formula is C11H16F4. The summed E-state index contributed by atoms with van der Waals surface area (Å²) in [4.78, 5) is 0. The Morgan fingerprint density at radius 2 is 1.00 bits per heavy atom. The third-order valence-electron chi connectivity index (χ3n) is 0.491. The molecule has 0 saturated carbocycles. The van der Waals surface area contributed by atoms with E-state index in [0.29, 0.717) is 0 Å². The van der Waals surface area contributed by atoms with Gasteiger partial charge in [0.15, 0.2) is 0 Å². The van der Waals surface area contributed by atoms with Crippen LogP contribution in [0.2, 0.25) is 0 Å². The van der Waals surface area contributed by atoms with Crippen LogP contribution in [0.15, 0.2) is 49.1 Å². The molecular weight excluding hydrogens is 208 g/mol. The minimum Gasteiger partial charge on any atom is -0.167 e. The molecule has 0 fully saturated rings. The van der Waals surface area contributed by atoms with Gasteiger partial charge in [-0.1, -0.05) is 30.4 Å². The van der Waals surface area contributed by atoms with Crippen molar-refractivity contribution in [3.05, 3.63) is 49.1 Å². The fourth-order valence-corrected chi connectivity index (χ4v) is 0. The molecule has 0 N–H and O–H groups in total. The Morgan fingerprint density at radius 3 is 1.00 bits per heavy atom. The molecule has 0 aromatic carbocycles. The van der Waals surface area contributed by atoms with Gasteiger partial charge in [-0.15, -0.1) is 6.58 Å². The summed E-state index contributed by atoms with van der Waals surface area (Å²) in [6, 6.07) is 0. The molecule has 0 bridgehead atoms. The molecule has 0 aliphatic rings. The molecule has 0 aliphatic carbocycles. The number of allylic oxidation sites excluding steroid dienone is 3. The van der Waals surface area contributed by atoms with Crippen molar-refractivity contribution in [2.45, 2.75) is 20.8 Å². The van der Waals surface area contributed by atoms with Crippen LogP contribution < -0.4 is 0 Å². The Bertz CT molecular complexity index is 217. The first kappa shape index (κ1) is 19.3. The third-order valence-corrected chi connectivity index (χ3v) is 0.491. The Balaban J connectivity index is -0.000000147. The van der Waals surface area contributed by atoms with Crippen LogP contribution in [0.1, 0.15) is 20.8 Å². The van der Waals surface area contributed by atoms with Gasteiger partial charge in [-0.2, -0.15) is 17.6 Å². The summed E-state index contributed by atoms with van der Waals surface area (Å²) in [6.45, 7) is 16.4. The zero-order chi connectivity index (χ0) is 13.0. The maximum Gasteiger partial charge on any atom is 0.334 e. The average molecular weight is 224 g/mol. The van der Waals surface area contributed by atoms with Gasteiger partial charge in [-0.25, -0.2) is 0 Å². The molecule has 0 spiro atoms. The molecule has 0 radical (unpaired) electrons. The summed E-state index contributed by atoms with van der Waals surface area (Å²) in [5, 5.41) is 0. The molecule has 0 nitrogen and oxygen atoms in total. The van der Waals surface area contributed by atoms with E-state index in [-0.39, 0.29) is 0 Å². The summed E-state index contributed by atoms with van der Waals surface area (Å²) >= 11 is 0. The quantitative estimate of drug-likeness (QED) is 0.321. The molecule has 15 heavy (non-hydrogen) atoms. The van der Waals surface area contributed by atoms with Crippen LogP contribution >= 0.6 is 0 Å². The first-order valence-corrected chi connectivity index (χ1v) is 3.91. The highest BCUT2D eigenvalue weighted by Crippen LogP contribution is 2.08. The minimum atomic E-state index is -2.91. The molecule has 4 heteroatoms. The van der Waals surface area contributed by atoms with Gasteiger partial charge in [0.25, 0.3) is 0 Å². The van der Waals surface area contributed by atoms with Crippen LogP contribution in [0.4, 0.5) is 17.6 Å². The average Bonchev–Trinajstić information content (AvgIpc) is 2.04. The minimum absolute atomic E-state index is 1.02. The Kier molecular flexibility index (Phi) is 16.3. The molecule has 0 amide bonds. The van der Waals surface area contributed by atoms with E-state index < -0.39 is 12.2 Å². The van der Waals surface area contributed by atoms with E-state index in [1.807, 2.05) is 20.8 Å². The van der Waals surface area contributed by atoms with E-state index in [2.05, 4.69) is 19.7 Å². The zero-order valence-corrected chi connectivity index (χ0v) is 9.21. The highest BCUT2D eigenvalue weighted by atomic mass is 19.3. The van der Waals surface area contributed by atoms with Crippen LogP contribution in [0, 0.1) is 0 Å². The predicted molar refractivity (Wildman–Crippen MR) is 57.0 cm³/mol. The molecule has 0 unspecified atom stereocenters. The highest BCUT2D eigenvalue weighted by molar-refractivity contribution is 5.05. The van der Waals surface area contributed by atoms with Crippen molar-refractivity contribution >= 4 is 0 Å². The van der Waals surface area contributed by atoms with E-state index >= 15 is 0 Å². The summed E-state index contributed by atoms with van der Waals surface area (Å²) in [6.07, 6.45) is -4.09. The first-order valence-electron chi connectivity index (χ1n) is 3.91. The second-order valence-corrected chi connectivity index (χ2v) is 2.78. The molecule has 88 valence electrons. The fraction of sp³-hybridized carbons (Fsp3) is 0.273. The summed E-state index contributed by atoms with van der Waals surface area (Å²) in [5.41, 5.74) is 2.19. The van der Waals surface area contributed by atoms with Crippen molar-refractivity contribution in [3.8, 4) is 0 Å². The van der Waals surface area contributed by atoms with Crippen LogP contribution in [-0.4, -0.2) is 0 Å². The van der Waals surface area contributed by atoms with Crippen LogP contribution in [-0.2, 0) is 0 Å². The van der Waals surface area contributed by atoms with Crippen LogP contribution in [0.3, 0.4) is 0 Å². The van der Waals surface area contributed by atoms with E-state index in [1.165, 1.54) is 5.57 Å². The van der Waals surface area contributed by atoms with Crippen LogP contribution in [0.25, 0.3) is 0 Å². The third kappa shape index (κ3) is 66.0. The van der Waals surface area contributed by atoms with Gasteiger partial charge >= 0.3 is 12.2 Å². The lowest BCUT2D eigenvalue weighted by Crippen LogP contribution is -1.56. The number of hydrogen-bond acceptors (Lipinski definition) is 0. The first-order chi connectivity index (χ1) is 6.64. The predicted octanol–water partition coefficient (Wildman–Crippen LogP) is 5.32.